The van der Waals surface area contributed by atoms with E-state index in [2.05, 4.69) is 10.3 Å². The Morgan fingerprint density at radius 3 is 2.86 bits per heavy atom. The molecule has 0 aliphatic heterocycles. The summed E-state index contributed by atoms with van der Waals surface area (Å²) in [6, 6.07) is 14.4. The standard InChI is InChI=1S/C22H22N2O4/c1-28-15-6-4-5-13(9-15)17-11-18(17)21(25)24-20(22(26)27)10-14-12-23-19-8-3-2-7-16(14)19/h2-9,12,17-18,20,23H,10-11H2,1H3,(H,24,25)(H,26,27). The van der Waals surface area contributed by atoms with E-state index < -0.39 is 12.0 Å². The van der Waals surface area contributed by atoms with Gasteiger partial charge in [0, 0.05) is 29.4 Å². The molecular formula is C22H22N2O4. The number of rotatable bonds is 7. The minimum Gasteiger partial charge on any atom is -0.497 e. The summed E-state index contributed by atoms with van der Waals surface area (Å²) in [5.41, 5.74) is 2.87. The van der Waals surface area contributed by atoms with Crippen LogP contribution >= 0.6 is 0 Å². The van der Waals surface area contributed by atoms with Crippen molar-refractivity contribution in [1.29, 1.82) is 0 Å². The maximum atomic E-state index is 12.6. The number of fused-ring (bicyclic) bond motifs is 1. The molecule has 6 heteroatoms. The molecule has 1 heterocycles. The molecule has 1 saturated carbocycles. The largest absolute Gasteiger partial charge is 0.497 e. The van der Waals surface area contributed by atoms with Gasteiger partial charge in [-0.2, -0.15) is 0 Å². The van der Waals surface area contributed by atoms with Crippen molar-refractivity contribution in [1.82, 2.24) is 10.3 Å². The van der Waals surface area contributed by atoms with Crippen molar-refractivity contribution in [2.24, 2.45) is 5.92 Å². The zero-order valence-electron chi connectivity index (χ0n) is 15.5. The van der Waals surface area contributed by atoms with Gasteiger partial charge in [-0.05, 0) is 41.7 Å². The smallest absolute Gasteiger partial charge is 0.326 e. The number of para-hydroxylation sites is 1. The van der Waals surface area contributed by atoms with Crippen LogP contribution in [0.3, 0.4) is 0 Å². The predicted octanol–water partition coefficient (Wildman–Crippen LogP) is 3.09. The van der Waals surface area contributed by atoms with Gasteiger partial charge in [-0.15, -0.1) is 0 Å². The van der Waals surface area contributed by atoms with E-state index >= 15 is 0 Å². The third-order valence-corrected chi connectivity index (χ3v) is 5.36. The number of aromatic amines is 1. The fourth-order valence-electron chi connectivity index (χ4n) is 3.72. The van der Waals surface area contributed by atoms with Crippen molar-refractivity contribution < 1.29 is 19.4 Å². The molecule has 3 N–H and O–H groups in total. The number of carbonyl (C=O) groups excluding carboxylic acids is 1. The molecule has 6 nitrogen and oxygen atoms in total. The first-order valence-electron chi connectivity index (χ1n) is 9.29. The highest BCUT2D eigenvalue weighted by atomic mass is 16.5. The number of H-pyrrole nitrogens is 1. The van der Waals surface area contributed by atoms with E-state index in [0.717, 1.165) is 34.2 Å². The van der Waals surface area contributed by atoms with Crippen molar-refractivity contribution >= 4 is 22.8 Å². The zero-order chi connectivity index (χ0) is 19.7. The van der Waals surface area contributed by atoms with E-state index in [9.17, 15) is 14.7 Å². The van der Waals surface area contributed by atoms with Gasteiger partial charge in [-0.3, -0.25) is 4.79 Å². The van der Waals surface area contributed by atoms with Crippen LogP contribution in [0.5, 0.6) is 5.75 Å². The normalized spacial score (nSPS) is 19.2. The van der Waals surface area contributed by atoms with Gasteiger partial charge in [0.2, 0.25) is 5.91 Å². The molecule has 0 radical (unpaired) electrons. The summed E-state index contributed by atoms with van der Waals surface area (Å²) < 4.78 is 5.24. The average molecular weight is 378 g/mol. The maximum absolute atomic E-state index is 12.6. The van der Waals surface area contributed by atoms with Crippen LogP contribution in [0.4, 0.5) is 0 Å². The number of hydrogen-bond acceptors (Lipinski definition) is 3. The number of ether oxygens (including phenoxy) is 1. The Morgan fingerprint density at radius 1 is 1.25 bits per heavy atom. The van der Waals surface area contributed by atoms with Crippen LogP contribution in [0, 0.1) is 5.92 Å². The van der Waals surface area contributed by atoms with Crippen molar-refractivity contribution in [3.8, 4) is 5.75 Å². The summed E-state index contributed by atoms with van der Waals surface area (Å²) in [6.45, 7) is 0. The number of benzene rings is 2. The first kappa shape index (κ1) is 18.1. The van der Waals surface area contributed by atoms with E-state index in [1.807, 2.05) is 54.7 Å². The lowest BCUT2D eigenvalue weighted by molar-refractivity contribution is -0.142. The van der Waals surface area contributed by atoms with Crippen LogP contribution in [-0.2, 0) is 16.0 Å². The lowest BCUT2D eigenvalue weighted by atomic mass is 10.0. The van der Waals surface area contributed by atoms with Gasteiger partial charge in [0.15, 0.2) is 0 Å². The van der Waals surface area contributed by atoms with Crippen LogP contribution in [0.2, 0.25) is 0 Å². The second-order valence-corrected chi connectivity index (χ2v) is 7.19. The van der Waals surface area contributed by atoms with Crippen LogP contribution in [0.25, 0.3) is 10.9 Å². The lowest BCUT2D eigenvalue weighted by Crippen LogP contribution is -2.43. The van der Waals surface area contributed by atoms with Crippen molar-refractivity contribution in [2.45, 2.75) is 24.8 Å². The van der Waals surface area contributed by atoms with E-state index in [0.29, 0.717) is 0 Å². The van der Waals surface area contributed by atoms with Crippen LogP contribution < -0.4 is 10.1 Å². The van der Waals surface area contributed by atoms with E-state index in [4.69, 9.17) is 4.74 Å². The summed E-state index contributed by atoms with van der Waals surface area (Å²) >= 11 is 0. The average Bonchev–Trinajstić information content (AvgIpc) is 3.42. The molecule has 3 atom stereocenters. The molecule has 2 aromatic carbocycles. The number of aliphatic carboxylic acids is 1. The Hall–Kier alpha value is -3.28. The summed E-state index contributed by atoms with van der Waals surface area (Å²) in [4.78, 5) is 27.5. The van der Waals surface area contributed by atoms with Crippen molar-refractivity contribution in [3.63, 3.8) is 0 Å². The summed E-state index contributed by atoms with van der Waals surface area (Å²) in [6.07, 6.45) is 2.77. The quantitative estimate of drug-likeness (QED) is 0.589. The third kappa shape index (κ3) is 3.58. The molecule has 1 aromatic heterocycles. The van der Waals surface area contributed by atoms with Gasteiger partial charge in [0.1, 0.15) is 11.8 Å². The van der Waals surface area contributed by atoms with Crippen molar-refractivity contribution in [3.05, 3.63) is 65.9 Å². The van der Waals surface area contributed by atoms with Crippen LogP contribution in [-0.4, -0.2) is 35.1 Å². The monoisotopic (exact) mass is 378 g/mol. The Balaban J connectivity index is 1.44. The van der Waals surface area contributed by atoms with E-state index in [1.165, 1.54) is 0 Å². The Bertz CT molecular complexity index is 1030. The number of carboxylic acids is 1. The molecule has 28 heavy (non-hydrogen) atoms. The Kier molecular flexibility index (Phi) is 4.77. The minimum absolute atomic E-state index is 0.109. The van der Waals surface area contributed by atoms with Crippen molar-refractivity contribution in [2.75, 3.05) is 7.11 Å². The van der Waals surface area contributed by atoms with Gasteiger partial charge in [0.25, 0.3) is 0 Å². The molecule has 0 bridgehead atoms. The highest BCUT2D eigenvalue weighted by Gasteiger charge is 2.45. The lowest BCUT2D eigenvalue weighted by Gasteiger charge is -2.14. The topological polar surface area (TPSA) is 91.4 Å². The number of nitrogens with one attached hydrogen (secondary N) is 2. The second kappa shape index (κ2) is 7.38. The van der Waals surface area contributed by atoms with Gasteiger partial charge in [0.05, 0.1) is 7.11 Å². The highest BCUT2D eigenvalue weighted by Crippen LogP contribution is 2.48. The van der Waals surface area contributed by atoms with Crippen LogP contribution in [0.15, 0.2) is 54.7 Å². The van der Waals surface area contributed by atoms with Gasteiger partial charge < -0.3 is 20.1 Å². The van der Waals surface area contributed by atoms with E-state index in [-0.39, 0.29) is 24.2 Å². The number of methoxy groups -OCH3 is 1. The maximum Gasteiger partial charge on any atom is 0.326 e. The number of carbonyl (C=O) groups is 2. The van der Waals surface area contributed by atoms with Gasteiger partial charge in [-0.25, -0.2) is 4.79 Å². The molecule has 1 aliphatic carbocycles. The molecule has 0 saturated heterocycles. The Morgan fingerprint density at radius 2 is 2.07 bits per heavy atom. The fourth-order valence-corrected chi connectivity index (χ4v) is 3.72. The third-order valence-electron chi connectivity index (χ3n) is 5.36. The highest BCUT2D eigenvalue weighted by molar-refractivity contribution is 5.89. The predicted molar refractivity (Wildman–Crippen MR) is 105 cm³/mol. The first-order chi connectivity index (χ1) is 13.6. The number of hydrogen-bond donors (Lipinski definition) is 3. The van der Waals surface area contributed by atoms with Gasteiger partial charge in [-0.1, -0.05) is 30.3 Å². The zero-order valence-corrected chi connectivity index (χ0v) is 15.5. The number of carboxylic acid groups (broad SMARTS) is 1. The molecule has 1 fully saturated rings. The summed E-state index contributed by atoms with van der Waals surface area (Å²) in [7, 11) is 1.61. The molecule has 1 aliphatic rings. The SMILES string of the molecule is COc1cccc(C2CC2C(=O)NC(Cc2c[nH]c3ccccc23)C(=O)O)c1. The molecular weight excluding hydrogens is 356 g/mol. The van der Waals surface area contributed by atoms with Crippen LogP contribution in [0.1, 0.15) is 23.5 Å². The molecule has 1 amide bonds. The molecule has 0 spiro atoms. The summed E-state index contributed by atoms with van der Waals surface area (Å²) in [5.74, 6) is -0.571. The van der Waals surface area contributed by atoms with E-state index in [1.54, 1.807) is 7.11 Å². The molecule has 3 unspecified atom stereocenters. The molecule has 144 valence electrons. The summed E-state index contributed by atoms with van der Waals surface area (Å²) in [5, 5.41) is 13.3. The molecule has 3 aromatic rings. The molecule has 4 rings (SSSR count). The number of amides is 1. The fraction of sp³-hybridized carbons (Fsp3) is 0.273. The minimum atomic E-state index is -1.03. The first-order valence-corrected chi connectivity index (χ1v) is 9.29. The van der Waals surface area contributed by atoms with Gasteiger partial charge >= 0.3 is 5.97 Å². The number of aromatic nitrogens is 1. The Labute approximate surface area is 162 Å². The second-order valence-electron chi connectivity index (χ2n) is 7.19.